The van der Waals surface area contributed by atoms with E-state index in [9.17, 15) is 5.11 Å². The molecule has 0 bridgehead atoms. The molecule has 0 spiro atoms. The molecule has 0 saturated heterocycles. The van der Waals surface area contributed by atoms with Gasteiger partial charge in [-0.2, -0.15) is 0 Å². The minimum atomic E-state index is -0.189. The fourth-order valence-electron chi connectivity index (χ4n) is 2.55. The summed E-state index contributed by atoms with van der Waals surface area (Å²) in [5.41, 5.74) is 3.01. The first-order valence-electron chi connectivity index (χ1n) is 6.61. The number of rotatable bonds is 1. The number of halogens is 2. The zero-order valence-electron chi connectivity index (χ0n) is 12.4. The lowest BCUT2D eigenvalue weighted by molar-refractivity contribution is 0.462. The van der Waals surface area contributed by atoms with Crippen LogP contribution in [0.15, 0.2) is 47.7 Å². The molecule has 0 amide bonds. The van der Waals surface area contributed by atoms with Crippen LogP contribution in [-0.4, -0.2) is 34.9 Å². The SMILES string of the molecule is Br.Br.CN(C)C1=NC(c2cccnc2)c2c(O)cccc2C1. The minimum Gasteiger partial charge on any atom is -0.508 e. The van der Waals surface area contributed by atoms with Gasteiger partial charge < -0.3 is 10.0 Å². The Hall–Kier alpha value is -1.40. The summed E-state index contributed by atoms with van der Waals surface area (Å²) in [5.74, 6) is 1.31. The van der Waals surface area contributed by atoms with E-state index in [2.05, 4.69) is 11.1 Å². The van der Waals surface area contributed by atoms with Crippen molar-refractivity contribution < 1.29 is 5.11 Å². The number of benzene rings is 1. The fraction of sp³-hybridized carbons (Fsp3) is 0.250. The summed E-state index contributed by atoms with van der Waals surface area (Å²) < 4.78 is 0. The van der Waals surface area contributed by atoms with E-state index < -0.39 is 0 Å². The second-order valence-electron chi connectivity index (χ2n) is 5.16. The zero-order chi connectivity index (χ0) is 14.1. The highest BCUT2D eigenvalue weighted by atomic mass is 79.9. The largest absolute Gasteiger partial charge is 0.508 e. The van der Waals surface area contributed by atoms with Gasteiger partial charge in [0.2, 0.25) is 0 Å². The van der Waals surface area contributed by atoms with Crippen molar-refractivity contribution in [3.63, 3.8) is 0 Å². The molecule has 1 aliphatic heterocycles. The van der Waals surface area contributed by atoms with Gasteiger partial charge in [0, 0.05) is 38.5 Å². The Kier molecular flexibility index (Phi) is 6.56. The second-order valence-corrected chi connectivity index (χ2v) is 5.16. The molecule has 4 nitrogen and oxygen atoms in total. The topological polar surface area (TPSA) is 48.7 Å². The third-order valence-corrected chi connectivity index (χ3v) is 3.59. The molecule has 1 aromatic heterocycles. The van der Waals surface area contributed by atoms with Crippen molar-refractivity contribution in [2.24, 2.45) is 4.99 Å². The van der Waals surface area contributed by atoms with Gasteiger partial charge in [0.05, 0.1) is 0 Å². The Bertz CT molecular complexity index is 660. The van der Waals surface area contributed by atoms with Gasteiger partial charge in [-0.05, 0) is 23.3 Å². The summed E-state index contributed by atoms with van der Waals surface area (Å²) >= 11 is 0. The molecule has 0 radical (unpaired) electrons. The van der Waals surface area contributed by atoms with E-state index in [-0.39, 0.29) is 40.0 Å². The molecule has 22 heavy (non-hydrogen) atoms. The average Bonchev–Trinajstić information content (AvgIpc) is 2.47. The third kappa shape index (κ3) is 3.50. The molecule has 0 fully saturated rings. The predicted octanol–water partition coefficient (Wildman–Crippen LogP) is 3.55. The standard InChI is InChI=1S/C16H17N3O.2BrH/c1-19(2)14-9-11-5-3-7-13(20)15(11)16(18-14)12-6-4-8-17-10-12;;/h3-8,10,16,20H,9H2,1-2H3;2*1H. The number of aliphatic imine (C=N–C) groups is 1. The highest BCUT2D eigenvalue weighted by Gasteiger charge is 2.26. The highest BCUT2D eigenvalue weighted by molar-refractivity contribution is 8.93. The number of fused-ring (bicyclic) bond motifs is 1. The van der Waals surface area contributed by atoms with Crippen molar-refractivity contribution >= 4 is 39.8 Å². The molecular formula is C16H19Br2N3O. The molecule has 2 heterocycles. The van der Waals surface area contributed by atoms with Crippen molar-refractivity contribution in [3.8, 4) is 5.75 Å². The van der Waals surface area contributed by atoms with E-state index in [4.69, 9.17) is 4.99 Å². The van der Waals surface area contributed by atoms with E-state index >= 15 is 0 Å². The molecule has 1 N–H and O–H groups in total. The van der Waals surface area contributed by atoms with Crippen LogP contribution in [0.1, 0.15) is 22.7 Å². The van der Waals surface area contributed by atoms with E-state index in [0.717, 1.165) is 28.9 Å². The van der Waals surface area contributed by atoms with E-state index in [1.54, 1.807) is 12.3 Å². The summed E-state index contributed by atoms with van der Waals surface area (Å²) in [7, 11) is 3.99. The van der Waals surface area contributed by atoms with Crippen LogP contribution in [0.4, 0.5) is 0 Å². The number of hydrogen-bond acceptors (Lipinski definition) is 4. The number of phenolic OH excluding ortho intramolecular Hbond substituents is 1. The number of pyridine rings is 1. The van der Waals surface area contributed by atoms with Crippen LogP contribution in [0.5, 0.6) is 5.75 Å². The van der Waals surface area contributed by atoms with E-state index in [0.29, 0.717) is 5.75 Å². The number of amidine groups is 1. The molecule has 1 unspecified atom stereocenters. The predicted molar refractivity (Wildman–Crippen MR) is 99.7 cm³/mol. The van der Waals surface area contributed by atoms with Crippen LogP contribution in [0, 0.1) is 0 Å². The smallest absolute Gasteiger partial charge is 0.121 e. The lowest BCUT2D eigenvalue weighted by Crippen LogP contribution is -2.28. The Morgan fingerprint density at radius 2 is 1.91 bits per heavy atom. The summed E-state index contributed by atoms with van der Waals surface area (Å²) in [6.45, 7) is 0. The quantitative estimate of drug-likeness (QED) is 0.755. The van der Waals surface area contributed by atoms with Crippen molar-refractivity contribution in [2.75, 3.05) is 14.1 Å². The highest BCUT2D eigenvalue weighted by Crippen LogP contribution is 2.38. The molecule has 0 saturated carbocycles. The van der Waals surface area contributed by atoms with Crippen LogP contribution in [0.3, 0.4) is 0 Å². The number of aromatic hydroxyl groups is 1. The minimum absolute atomic E-state index is 0. The van der Waals surface area contributed by atoms with Gasteiger partial charge in [0.1, 0.15) is 17.6 Å². The fourth-order valence-corrected chi connectivity index (χ4v) is 2.55. The number of likely N-dealkylation sites (N-methyl/N-ethyl adjacent to an activating group) is 1. The monoisotopic (exact) mass is 427 g/mol. The van der Waals surface area contributed by atoms with Crippen LogP contribution in [-0.2, 0) is 6.42 Å². The molecule has 1 aliphatic rings. The Morgan fingerprint density at radius 3 is 2.55 bits per heavy atom. The van der Waals surface area contributed by atoms with Gasteiger partial charge in [-0.1, -0.05) is 18.2 Å². The first-order valence-corrected chi connectivity index (χ1v) is 6.61. The first kappa shape index (κ1) is 18.6. The first-order chi connectivity index (χ1) is 9.66. The van der Waals surface area contributed by atoms with Gasteiger partial charge >= 0.3 is 0 Å². The average molecular weight is 429 g/mol. The summed E-state index contributed by atoms with van der Waals surface area (Å²) in [6.07, 6.45) is 4.30. The van der Waals surface area contributed by atoms with E-state index in [1.165, 1.54) is 0 Å². The maximum Gasteiger partial charge on any atom is 0.121 e. The molecule has 1 aromatic carbocycles. The lowest BCUT2D eigenvalue weighted by Gasteiger charge is -2.28. The molecule has 118 valence electrons. The van der Waals surface area contributed by atoms with Crippen LogP contribution < -0.4 is 0 Å². The summed E-state index contributed by atoms with van der Waals surface area (Å²) in [6, 6.07) is 9.36. The molecule has 3 rings (SSSR count). The van der Waals surface area contributed by atoms with Crippen LogP contribution >= 0.6 is 34.0 Å². The summed E-state index contributed by atoms with van der Waals surface area (Å²) in [5, 5.41) is 10.2. The third-order valence-electron chi connectivity index (χ3n) is 3.59. The van der Waals surface area contributed by atoms with Crippen LogP contribution in [0.2, 0.25) is 0 Å². The Labute approximate surface area is 151 Å². The van der Waals surface area contributed by atoms with Crippen LogP contribution in [0.25, 0.3) is 0 Å². The number of phenols is 1. The van der Waals surface area contributed by atoms with Gasteiger partial charge in [0.15, 0.2) is 0 Å². The maximum atomic E-state index is 10.2. The van der Waals surface area contributed by atoms with Crippen molar-refractivity contribution in [2.45, 2.75) is 12.5 Å². The molecule has 2 aromatic rings. The van der Waals surface area contributed by atoms with Gasteiger partial charge in [-0.15, -0.1) is 34.0 Å². The lowest BCUT2D eigenvalue weighted by atomic mass is 9.90. The Balaban J connectivity index is 0.00000121. The number of nitrogens with zero attached hydrogens (tertiary/aromatic N) is 3. The van der Waals surface area contributed by atoms with Gasteiger partial charge in [0.25, 0.3) is 0 Å². The maximum absolute atomic E-state index is 10.2. The van der Waals surface area contributed by atoms with E-state index in [1.807, 2.05) is 43.4 Å². The molecule has 1 atom stereocenters. The molecule has 6 heteroatoms. The Morgan fingerprint density at radius 1 is 1.14 bits per heavy atom. The molecular weight excluding hydrogens is 410 g/mol. The zero-order valence-corrected chi connectivity index (χ0v) is 15.9. The van der Waals surface area contributed by atoms with Crippen molar-refractivity contribution in [3.05, 3.63) is 59.4 Å². The van der Waals surface area contributed by atoms with Crippen molar-refractivity contribution in [1.82, 2.24) is 9.88 Å². The second kappa shape index (κ2) is 7.74. The summed E-state index contributed by atoms with van der Waals surface area (Å²) in [4.78, 5) is 11.0. The van der Waals surface area contributed by atoms with Crippen molar-refractivity contribution in [1.29, 1.82) is 0 Å². The van der Waals surface area contributed by atoms with Gasteiger partial charge in [-0.3, -0.25) is 9.98 Å². The number of aromatic nitrogens is 1. The molecule has 0 aliphatic carbocycles. The van der Waals surface area contributed by atoms with Gasteiger partial charge in [-0.25, -0.2) is 0 Å². The number of hydrogen-bond donors (Lipinski definition) is 1. The normalized spacial score (nSPS) is 15.7.